The van der Waals surface area contributed by atoms with Crippen molar-refractivity contribution in [3.63, 3.8) is 0 Å². The number of nitrogens with zero attached hydrogens (tertiary/aromatic N) is 3. The molecule has 0 radical (unpaired) electrons. The minimum atomic E-state index is -0.363. The number of hydrogen-bond donors (Lipinski definition) is 1. The Morgan fingerprint density at radius 2 is 1.83 bits per heavy atom. The van der Waals surface area contributed by atoms with Crippen LogP contribution in [0.15, 0.2) is 59.5 Å². The number of pyridine rings is 1. The van der Waals surface area contributed by atoms with Crippen LogP contribution in [0.25, 0.3) is 10.9 Å². The van der Waals surface area contributed by atoms with E-state index in [1.54, 1.807) is 41.0 Å². The number of nitrogens with one attached hydrogen (secondary N) is 1. The summed E-state index contributed by atoms with van der Waals surface area (Å²) in [6.07, 6.45) is 1.38. The number of likely N-dealkylation sites (N-methyl/N-ethyl adjacent to an activating group) is 1. The molecule has 146 valence electrons. The predicted octanol–water partition coefficient (Wildman–Crippen LogP) is 2.28. The summed E-state index contributed by atoms with van der Waals surface area (Å²) in [5.41, 5.74) is 1.91. The fourth-order valence-electron chi connectivity index (χ4n) is 2.96. The van der Waals surface area contributed by atoms with Gasteiger partial charge in [0.1, 0.15) is 18.2 Å². The molecule has 0 saturated heterocycles. The lowest BCUT2D eigenvalue weighted by atomic mass is 10.1. The van der Waals surface area contributed by atoms with Gasteiger partial charge in [-0.05, 0) is 31.2 Å². The summed E-state index contributed by atoms with van der Waals surface area (Å²) in [5.74, 6) is -0.631. The molecule has 0 unspecified atom stereocenters. The van der Waals surface area contributed by atoms with Crippen LogP contribution in [0.1, 0.15) is 11.1 Å². The molecule has 0 fully saturated rings. The second kappa shape index (κ2) is 8.40. The SMILES string of the molecule is Cc1ccc(NC(=O)CN(C)C(=O)Cn2cc(C#N)c(=O)c3ccccc32)cc1. The third-order valence-corrected chi connectivity index (χ3v) is 4.56. The number of nitriles is 1. The number of fused-ring (bicyclic) bond motifs is 1. The molecule has 3 aromatic rings. The molecule has 0 aliphatic carbocycles. The molecule has 1 aromatic heterocycles. The van der Waals surface area contributed by atoms with Gasteiger partial charge in [0, 0.05) is 24.3 Å². The van der Waals surface area contributed by atoms with Crippen molar-refractivity contribution in [3.05, 3.63) is 76.1 Å². The van der Waals surface area contributed by atoms with Crippen molar-refractivity contribution in [2.24, 2.45) is 0 Å². The Balaban J connectivity index is 1.73. The van der Waals surface area contributed by atoms with Gasteiger partial charge in [0.25, 0.3) is 0 Å². The highest BCUT2D eigenvalue weighted by atomic mass is 16.2. The number of benzene rings is 2. The molecular formula is C22H20N4O3. The molecular weight excluding hydrogens is 368 g/mol. The Morgan fingerprint density at radius 1 is 1.14 bits per heavy atom. The summed E-state index contributed by atoms with van der Waals surface area (Å²) in [6, 6.07) is 16.0. The number of carbonyl (C=O) groups excluding carboxylic acids is 2. The predicted molar refractivity (Wildman–Crippen MR) is 110 cm³/mol. The van der Waals surface area contributed by atoms with E-state index >= 15 is 0 Å². The number of amides is 2. The van der Waals surface area contributed by atoms with Crippen LogP contribution in [0.3, 0.4) is 0 Å². The van der Waals surface area contributed by atoms with E-state index in [9.17, 15) is 19.6 Å². The van der Waals surface area contributed by atoms with Crippen molar-refractivity contribution in [2.75, 3.05) is 18.9 Å². The van der Waals surface area contributed by atoms with Gasteiger partial charge >= 0.3 is 0 Å². The second-order valence-corrected chi connectivity index (χ2v) is 6.79. The van der Waals surface area contributed by atoms with Gasteiger partial charge in [-0.1, -0.05) is 29.8 Å². The van der Waals surface area contributed by atoms with E-state index in [0.717, 1.165) is 5.56 Å². The molecule has 2 aromatic carbocycles. The van der Waals surface area contributed by atoms with Crippen molar-refractivity contribution in [2.45, 2.75) is 13.5 Å². The molecule has 0 bridgehead atoms. The smallest absolute Gasteiger partial charge is 0.243 e. The maximum Gasteiger partial charge on any atom is 0.243 e. The first-order valence-corrected chi connectivity index (χ1v) is 9.02. The van der Waals surface area contributed by atoms with Crippen LogP contribution >= 0.6 is 0 Å². The monoisotopic (exact) mass is 388 g/mol. The van der Waals surface area contributed by atoms with E-state index in [-0.39, 0.29) is 35.9 Å². The largest absolute Gasteiger partial charge is 0.336 e. The molecule has 7 nitrogen and oxygen atoms in total. The van der Waals surface area contributed by atoms with Crippen molar-refractivity contribution in [1.29, 1.82) is 5.26 Å². The maximum absolute atomic E-state index is 12.6. The van der Waals surface area contributed by atoms with E-state index in [0.29, 0.717) is 16.6 Å². The van der Waals surface area contributed by atoms with Crippen molar-refractivity contribution >= 4 is 28.4 Å². The normalized spacial score (nSPS) is 10.4. The molecule has 7 heteroatoms. The molecule has 1 heterocycles. The van der Waals surface area contributed by atoms with Gasteiger partial charge in [0.2, 0.25) is 17.2 Å². The summed E-state index contributed by atoms with van der Waals surface area (Å²) < 4.78 is 1.56. The van der Waals surface area contributed by atoms with Crippen LogP contribution in [0.2, 0.25) is 0 Å². The Labute approximate surface area is 167 Å². The third-order valence-electron chi connectivity index (χ3n) is 4.56. The van der Waals surface area contributed by atoms with E-state index in [1.807, 2.05) is 25.1 Å². The molecule has 0 aliphatic rings. The number of aryl methyl sites for hydroxylation is 1. The first kappa shape index (κ1) is 19.8. The molecule has 1 N–H and O–H groups in total. The van der Waals surface area contributed by atoms with Gasteiger partial charge in [0.15, 0.2) is 0 Å². The highest BCUT2D eigenvalue weighted by Gasteiger charge is 2.16. The standard InChI is InChI=1S/C22H20N4O3/c1-15-7-9-17(10-8-15)24-20(27)13-25(2)21(28)14-26-12-16(11-23)22(29)18-5-3-4-6-19(18)26/h3-10,12H,13-14H2,1-2H3,(H,24,27). The number of carbonyl (C=O) groups is 2. The minimum Gasteiger partial charge on any atom is -0.336 e. The summed E-state index contributed by atoms with van der Waals surface area (Å²) >= 11 is 0. The van der Waals surface area contributed by atoms with E-state index in [4.69, 9.17) is 0 Å². The molecule has 2 amide bonds. The Morgan fingerprint density at radius 3 is 2.52 bits per heavy atom. The number of aromatic nitrogens is 1. The number of hydrogen-bond acceptors (Lipinski definition) is 4. The average molecular weight is 388 g/mol. The summed E-state index contributed by atoms with van der Waals surface area (Å²) in [7, 11) is 1.53. The first-order valence-electron chi connectivity index (χ1n) is 9.02. The van der Waals surface area contributed by atoms with Gasteiger partial charge < -0.3 is 14.8 Å². The Bertz CT molecular complexity index is 1170. The molecule has 29 heavy (non-hydrogen) atoms. The molecule has 0 saturated carbocycles. The average Bonchev–Trinajstić information content (AvgIpc) is 2.71. The third kappa shape index (κ3) is 4.50. The lowest BCUT2D eigenvalue weighted by molar-refractivity contribution is -0.133. The maximum atomic E-state index is 12.6. The van der Waals surface area contributed by atoms with Gasteiger partial charge in [0.05, 0.1) is 12.1 Å². The highest BCUT2D eigenvalue weighted by Crippen LogP contribution is 2.12. The van der Waals surface area contributed by atoms with Crippen LogP contribution in [0.4, 0.5) is 5.69 Å². The second-order valence-electron chi connectivity index (χ2n) is 6.79. The van der Waals surface area contributed by atoms with E-state index < -0.39 is 0 Å². The van der Waals surface area contributed by atoms with Crippen LogP contribution < -0.4 is 10.7 Å². The van der Waals surface area contributed by atoms with Gasteiger partial charge in [-0.25, -0.2) is 0 Å². The lowest BCUT2D eigenvalue weighted by Gasteiger charge is -2.19. The van der Waals surface area contributed by atoms with E-state index in [2.05, 4.69) is 5.32 Å². The topological polar surface area (TPSA) is 95.2 Å². The first-order chi connectivity index (χ1) is 13.9. The lowest BCUT2D eigenvalue weighted by Crippen LogP contribution is -2.37. The van der Waals surface area contributed by atoms with Crippen LogP contribution in [0, 0.1) is 18.3 Å². The summed E-state index contributed by atoms with van der Waals surface area (Å²) in [6.45, 7) is 1.75. The Kier molecular flexibility index (Phi) is 5.74. The van der Waals surface area contributed by atoms with Gasteiger partial charge in [-0.3, -0.25) is 14.4 Å². The summed E-state index contributed by atoms with van der Waals surface area (Å²) in [5, 5.41) is 12.3. The fraction of sp³-hybridized carbons (Fsp3) is 0.182. The van der Waals surface area contributed by atoms with Crippen LogP contribution in [0.5, 0.6) is 0 Å². The fourth-order valence-corrected chi connectivity index (χ4v) is 2.96. The zero-order chi connectivity index (χ0) is 21.0. The molecule has 0 aliphatic heterocycles. The highest BCUT2D eigenvalue weighted by molar-refractivity contribution is 5.94. The van der Waals surface area contributed by atoms with Gasteiger partial charge in [-0.15, -0.1) is 0 Å². The molecule has 0 atom stereocenters. The number of para-hydroxylation sites is 1. The van der Waals surface area contributed by atoms with Crippen molar-refractivity contribution in [3.8, 4) is 6.07 Å². The van der Waals surface area contributed by atoms with Crippen molar-refractivity contribution in [1.82, 2.24) is 9.47 Å². The molecule has 3 rings (SSSR count). The number of anilines is 1. The molecule has 0 spiro atoms. The van der Waals surface area contributed by atoms with E-state index in [1.165, 1.54) is 18.1 Å². The zero-order valence-corrected chi connectivity index (χ0v) is 16.2. The summed E-state index contributed by atoms with van der Waals surface area (Å²) in [4.78, 5) is 38.5. The van der Waals surface area contributed by atoms with Crippen LogP contribution in [-0.4, -0.2) is 34.9 Å². The van der Waals surface area contributed by atoms with Crippen LogP contribution in [-0.2, 0) is 16.1 Å². The minimum absolute atomic E-state index is 0.0312. The van der Waals surface area contributed by atoms with Gasteiger partial charge in [-0.2, -0.15) is 5.26 Å². The Hall–Kier alpha value is -3.92. The van der Waals surface area contributed by atoms with Crippen molar-refractivity contribution < 1.29 is 9.59 Å². The zero-order valence-electron chi connectivity index (χ0n) is 16.2. The quantitative estimate of drug-likeness (QED) is 0.725. The number of rotatable bonds is 5.